The van der Waals surface area contributed by atoms with Gasteiger partial charge in [-0.15, -0.1) is 0 Å². The lowest BCUT2D eigenvalue weighted by Crippen LogP contribution is -2.59. The van der Waals surface area contributed by atoms with Gasteiger partial charge in [-0.25, -0.2) is 9.59 Å². The Bertz CT molecular complexity index is 515. The molecule has 4 unspecified atom stereocenters. The molecule has 9 heteroatoms. The van der Waals surface area contributed by atoms with Crippen molar-refractivity contribution in [1.29, 1.82) is 0 Å². The Morgan fingerprint density at radius 3 is 1.34 bits per heavy atom. The third kappa shape index (κ3) is 9.86. The number of carbonyl (C=O) groups is 2. The minimum Gasteiger partial charge on any atom is -0.452 e. The summed E-state index contributed by atoms with van der Waals surface area (Å²) in [5.41, 5.74) is -0.342. The molecule has 0 N–H and O–H groups in total. The van der Waals surface area contributed by atoms with E-state index in [9.17, 15) is 9.59 Å². The van der Waals surface area contributed by atoms with E-state index in [2.05, 4.69) is 39.3 Å². The lowest BCUT2D eigenvalue weighted by Gasteiger charge is -2.42. The van der Waals surface area contributed by atoms with Crippen LogP contribution in [-0.4, -0.2) is 52.6 Å². The van der Waals surface area contributed by atoms with E-state index in [1.54, 1.807) is 13.8 Å². The molecule has 0 spiro atoms. The maximum absolute atomic E-state index is 11.4. The second-order valence-corrected chi connectivity index (χ2v) is 16.3. The summed E-state index contributed by atoms with van der Waals surface area (Å²) in [5, 5.41) is 0. The van der Waals surface area contributed by atoms with Crippen molar-refractivity contribution in [3.8, 4) is 0 Å². The standard InChI is InChI=1S/C20H38O7Si2/c1-11-17(21)23-15(5)25-19(13-3)28(7,8)27-29(9,10)20(14-4)26-16(6)24-18(22)12-2/h11-12,15-16,19-20H,1-2,13-14H2,3-10H3. The van der Waals surface area contributed by atoms with Gasteiger partial charge in [0.2, 0.25) is 29.2 Å². The monoisotopic (exact) mass is 446 g/mol. The molecule has 0 aromatic heterocycles. The van der Waals surface area contributed by atoms with Crippen molar-refractivity contribution in [2.75, 3.05) is 0 Å². The van der Waals surface area contributed by atoms with Crippen molar-refractivity contribution in [1.82, 2.24) is 0 Å². The third-order valence-electron chi connectivity index (χ3n) is 4.43. The zero-order valence-electron chi connectivity index (χ0n) is 19.2. The third-order valence-corrected chi connectivity index (χ3v) is 12.8. The second-order valence-electron chi connectivity index (χ2n) is 7.79. The molecule has 0 heterocycles. The molecule has 0 rings (SSSR count). The predicted octanol–water partition coefficient (Wildman–Crippen LogP) is 4.23. The van der Waals surface area contributed by atoms with E-state index in [1.807, 2.05) is 13.8 Å². The minimum absolute atomic E-state index is 0.171. The summed E-state index contributed by atoms with van der Waals surface area (Å²) in [6, 6.07) is 0. The molecule has 7 nitrogen and oxygen atoms in total. The highest BCUT2D eigenvalue weighted by molar-refractivity contribution is 6.86. The van der Waals surface area contributed by atoms with E-state index < -0.39 is 41.2 Å². The molecule has 0 aliphatic heterocycles. The van der Waals surface area contributed by atoms with Crippen molar-refractivity contribution >= 4 is 28.6 Å². The highest BCUT2D eigenvalue weighted by atomic mass is 28.4. The zero-order chi connectivity index (χ0) is 22.8. The normalized spacial score (nSPS) is 16.3. The SMILES string of the molecule is C=CC(=O)OC(C)OC(CC)[Si](C)(C)O[Si](C)(C)C(CC)OC(C)OC(=O)C=C. The fraction of sp³-hybridized carbons (Fsp3) is 0.700. The molecule has 0 radical (unpaired) electrons. The zero-order valence-corrected chi connectivity index (χ0v) is 21.2. The van der Waals surface area contributed by atoms with Crippen LogP contribution in [0.1, 0.15) is 40.5 Å². The van der Waals surface area contributed by atoms with Crippen molar-refractivity contribution in [2.24, 2.45) is 0 Å². The number of hydrogen-bond acceptors (Lipinski definition) is 7. The molecular weight excluding hydrogens is 408 g/mol. The van der Waals surface area contributed by atoms with Gasteiger partial charge < -0.3 is 23.1 Å². The Hall–Kier alpha value is -1.27. The van der Waals surface area contributed by atoms with Crippen LogP contribution in [0.4, 0.5) is 0 Å². The number of hydrogen-bond donors (Lipinski definition) is 0. The Labute approximate surface area is 177 Å². The van der Waals surface area contributed by atoms with Crippen LogP contribution in [0.5, 0.6) is 0 Å². The molecule has 0 fully saturated rings. The van der Waals surface area contributed by atoms with Crippen molar-refractivity contribution in [3.63, 3.8) is 0 Å². The minimum atomic E-state index is -2.34. The van der Waals surface area contributed by atoms with Crippen LogP contribution < -0.4 is 0 Å². The fourth-order valence-corrected chi connectivity index (χ4v) is 12.7. The van der Waals surface area contributed by atoms with Gasteiger partial charge in [-0.2, -0.15) is 0 Å². The van der Waals surface area contributed by atoms with Crippen LogP contribution in [-0.2, 0) is 32.7 Å². The predicted molar refractivity (Wildman–Crippen MR) is 118 cm³/mol. The van der Waals surface area contributed by atoms with Crippen LogP contribution in [0.15, 0.2) is 25.3 Å². The number of carbonyl (C=O) groups excluding carboxylic acids is 2. The van der Waals surface area contributed by atoms with E-state index in [0.29, 0.717) is 0 Å². The Morgan fingerprint density at radius 2 is 1.10 bits per heavy atom. The van der Waals surface area contributed by atoms with Gasteiger partial charge in [-0.3, -0.25) is 0 Å². The second kappa shape index (κ2) is 12.4. The van der Waals surface area contributed by atoms with Gasteiger partial charge in [-0.1, -0.05) is 27.0 Å². The molecule has 0 amide bonds. The van der Waals surface area contributed by atoms with Gasteiger partial charge in [0.1, 0.15) is 0 Å². The van der Waals surface area contributed by atoms with E-state index in [-0.39, 0.29) is 11.5 Å². The number of esters is 2. The van der Waals surface area contributed by atoms with E-state index in [4.69, 9.17) is 23.1 Å². The summed E-state index contributed by atoms with van der Waals surface area (Å²) in [6.07, 6.45) is 2.29. The smallest absolute Gasteiger partial charge is 0.332 e. The van der Waals surface area contributed by atoms with Crippen LogP contribution in [0.3, 0.4) is 0 Å². The molecule has 0 bridgehead atoms. The summed E-state index contributed by atoms with van der Waals surface area (Å²) < 4.78 is 29.0. The molecule has 0 aromatic carbocycles. The van der Waals surface area contributed by atoms with Gasteiger partial charge in [0.25, 0.3) is 0 Å². The number of ether oxygens (including phenoxy) is 4. The highest BCUT2D eigenvalue weighted by Gasteiger charge is 2.44. The molecule has 4 atom stereocenters. The molecule has 0 saturated carbocycles. The van der Waals surface area contributed by atoms with E-state index in [1.165, 1.54) is 0 Å². The molecule has 0 aromatic rings. The van der Waals surface area contributed by atoms with Crippen molar-refractivity contribution < 1.29 is 32.7 Å². The summed E-state index contributed by atoms with van der Waals surface area (Å²) in [7, 11) is -4.69. The Balaban J connectivity index is 5.19. The fourth-order valence-electron chi connectivity index (χ4n) is 3.25. The van der Waals surface area contributed by atoms with Gasteiger partial charge in [-0.05, 0) is 52.9 Å². The molecular formula is C20H38O7Si2. The van der Waals surface area contributed by atoms with Crippen LogP contribution in [0.2, 0.25) is 26.2 Å². The Kier molecular flexibility index (Phi) is 11.9. The first kappa shape index (κ1) is 27.7. The van der Waals surface area contributed by atoms with Gasteiger partial charge in [0.15, 0.2) is 0 Å². The first-order valence-corrected chi connectivity index (χ1v) is 16.0. The van der Waals surface area contributed by atoms with Gasteiger partial charge in [0, 0.05) is 12.2 Å². The van der Waals surface area contributed by atoms with Crippen LogP contribution in [0, 0.1) is 0 Å². The van der Waals surface area contributed by atoms with E-state index >= 15 is 0 Å². The van der Waals surface area contributed by atoms with Gasteiger partial charge >= 0.3 is 11.9 Å². The Morgan fingerprint density at radius 1 is 0.793 bits per heavy atom. The largest absolute Gasteiger partial charge is 0.452 e. The first-order valence-electron chi connectivity index (χ1n) is 10.00. The topological polar surface area (TPSA) is 80.3 Å². The summed E-state index contributed by atoms with van der Waals surface area (Å²) in [5.74, 6) is -1.05. The van der Waals surface area contributed by atoms with Crippen molar-refractivity contribution in [2.45, 2.75) is 90.8 Å². The van der Waals surface area contributed by atoms with Crippen LogP contribution in [0.25, 0.3) is 0 Å². The molecule has 0 aliphatic carbocycles. The maximum Gasteiger partial charge on any atom is 0.332 e. The van der Waals surface area contributed by atoms with Crippen LogP contribution >= 0.6 is 0 Å². The average molecular weight is 447 g/mol. The summed E-state index contributed by atoms with van der Waals surface area (Å²) in [4.78, 5) is 22.8. The quantitative estimate of drug-likeness (QED) is 0.171. The molecule has 29 heavy (non-hydrogen) atoms. The van der Waals surface area contributed by atoms with Crippen molar-refractivity contribution in [3.05, 3.63) is 25.3 Å². The maximum atomic E-state index is 11.4. The molecule has 0 saturated heterocycles. The average Bonchev–Trinajstić information content (AvgIpc) is 2.62. The summed E-state index contributed by atoms with van der Waals surface area (Å²) >= 11 is 0. The first-order chi connectivity index (χ1) is 13.3. The summed E-state index contributed by atoms with van der Waals surface area (Å²) in [6.45, 7) is 22.6. The van der Waals surface area contributed by atoms with Gasteiger partial charge in [0.05, 0.1) is 11.5 Å². The lowest BCUT2D eigenvalue weighted by atomic mass is 10.5. The molecule has 0 aliphatic rings. The lowest BCUT2D eigenvalue weighted by molar-refractivity contribution is -0.173. The highest BCUT2D eigenvalue weighted by Crippen LogP contribution is 2.27. The van der Waals surface area contributed by atoms with E-state index in [0.717, 1.165) is 25.0 Å². The number of rotatable bonds is 14. The molecule has 168 valence electrons.